The van der Waals surface area contributed by atoms with E-state index in [1.807, 2.05) is 6.92 Å². The fraction of sp³-hybridized carbons (Fsp3) is 0.111. The van der Waals surface area contributed by atoms with Gasteiger partial charge in [-0.3, -0.25) is 0 Å². The summed E-state index contributed by atoms with van der Waals surface area (Å²) >= 11 is 1.28. The van der Waals surface area contributed by atoms with Gasteiger partial charge in [0, 0.05) is 4.88 Å². The minimum atomic E-state index is -1.65. The molecule has 0 N–H and O–H groups in total. The van der Waals surface area contributed by atoms with E-state index in [1.54, 1.807) is 12.1 Å². The van der Waals surface area contributed by atoms with Gasteiger partial charge in [0.05, 0.1) is 4.88 Å². The number of hydrogen-bond donors (Lipinski definition) is 0. The third-order valence-corrected chi connectivity index (χ3v) is 2.73. The summed E-state index contributed by atoms with van der Waals surface area (Å²) in [5.74, 6) is -4.72. The van der Waals surface area contributed by atoms with Gasteiger partial charge in [0.2, 0.25) is 5.82 Å². The Hall–Kier alpha value is -1.43. The van der Waals surface area contributed by atoms with E-state index in [9.17, 15) is 13.2 Å². The molecule has 0 fully saturated rings. The highest BCUT2D eigenvalue weighted by Gasteiger charge is 2.15. The highest BCUT2D eigenvalue weighted by atomic mass is 32.1. The Bertz CT molecular complexity index is 487. The molecule has 0 bridgehead atoms. The molecule has 0 amide bonds. The highest BCUT2D eigenvalue weighted by Crippen LogP contribution is 2.25. The largest absolute Gasteiger partial charge is 0.255 e. The summed E-state index contributed by atoms with van der Waals surface area (Å²) in [5.41, 5.74) is 0. The van der Waals surface area contributed by atoms with Gasteiger partial charge < -0.3 is 0 Å². The van der Waals surface area contributed by atoms with Gasteiger partial charge >= 0.3 is 0 Å². The quantitative estimate of drug-likeness (QED) is 0.704. The van der Waals surface area contributed by atoms with Crippen molar-refractivity contribution in [2.75, 3.05) is 0 Å². The van der Waals surface area contributed by atoms with Gasteiger partial charge in [-0.25, -0.2) is 0 Å². The van der Waals surface area contributed by atoms with Crippen molar-refractivity contribution in [3.8, 4) is 10.7 Å². The Morgan fingerprint density at radius 1 is 1.07 bits per heavy atom. The van der Waals surface area contributed by atoms with E-state index in [1.165, 1.54) is 11.3 Å². The summed E-state index contributed by atoms with van der Waals surface area (Å²) in [6.07, 6.45) is 0. The minimum absolute atomic E-state index is 0.135. The Kier molecular flexibility index (Phi) is 2.44. The van der Waals surface area contributed by atoms with Gasteiger partial charge in [-0.05, 0) is 19.1 Å². The second-order valence-corrected chi connectivity index (χ2v) is 4.14. The van der Waals surface area contributed by atoms with E-state index < -0.39 is 17.7 Å². The lowest BCUT2D eigenvalue weighted by atomic mass is 10.4. The number of nitrogens with zero attached hydrogens (tertiary/aromatic N) is 2. The van der Waals surface area contributed by atoms with E-state index in [0.29, 0.717) is 4.88 Å². The van der Waals surface area contributed by atoms with E-state index in [2.05, 4.69) is 9.97 Å². The lowest BCUT2D eigenvalue weighted by Gasteiger charge is -1.97. The summed E-state index contributed by atoms with van der Waals surface area (Å²) in [4.78, 5) is 7.93. The zero-order chi connectivity index (χ0) is 11.0. The van der Waals surface area contributed by atoms with E-state index >= 15 is 0 Å². The van der Waals surface area contributed by atoms with Crippen molar-refractivity contribution < 1.29 is 13.2 Å². The standard InChI is InChI=1S/C9H5F3N2S/c1-4-2-3-5(15-4)9-13-7(11)6(10)8(12)14-9/h2-3H,1H3. The molecule has 2 heterocycles. The second kappa shape index (κ2) is 3.62. The fourth-order valence-corrected chi connectivity index (χ4v) is 1.86. The molecule has 2 rings (SSSR count). The van der Waals surface area contributed by atoms with Crippen molar-refractivity contribution in [3.63, 3.8) is 0 Å². The Balaban J connectivity index is 2.55. The predicted octanol–water partition coefficient (Wildman–Crippen LogP) is 2.93. The maximum absolute atomic E-state index is 12.8. The first-order valence-electron chi connectivity index (χ1n) is 4.03. The molecule has 0 aromatic carbocycles. The third kappa shape index (κ3) is 1.85. The lowest BCUT2D eigenvalue weighted by Crippen LogP contribution is -2.00. The van der Waals surface area contributed by atoms with Crippen LogP contribution in [0.5, 0.6) is 0 Å². The maximum atomic E-state index is 12.8. The molecular weight excluding hydrogens is 225 g/mol. The Morgan fingerprint density at radius 2 is 1.67 bits per heavy atom. The lowest BCUT2D eigenvalue weighted by molar-refractivity contribution is 0.408. The zero-order valence-electron chi connectivity index (χ0n) is 7.59. The van der Waals surface area contributed by atoms with Gasteiger partial charge in [0.1, 0.15) is 0 Å². The molecule has 0 spiro atoms. The monoisotopic (exact) mass is 230 g/mol. The Labute approximate surface area is 87.4 Å². The SMILES string of the molecule is Cc1ccc(-c2nc(F)c(F)c(F)n2)s1. The van der Waals surface area contributed by atoms with Crippen LogP contribution in [0.15, 0.2) is 12.1 Å². The van der Waals surface area contributed by atoms with Crippen LogP contribution in [-0.4, -0.2) is 9.97 Å². The van der Waals surface area contributed by atoms with E-state index in [-0.39, 0.29) is 5.82 Å². The molecule has 0 unspecified atom stereocenters. The van der Waals surface area contributed by atoms with Gasteiger partial charge in [0.25, 0.3) is 11.9 Å². The van der Waals surface area contributed by atoms with Crippen molar-refractivity contribution in [1.29, 1.82) is 0 Å². The van der Waals surface area contributed by atoms with E-state index in [4.69, 9.17) is 0 Å². The van der Waals surface area contributed by atoms with Gasteiger partial charge in [0.15, 0.2) is 5.82 Å². The number of hydrogen-bond acceptors (Lipinski definition) is 3. The van der Waals surface area contributed by atoms with Crippen LogP contribution in [0.25, 0.3) is 10.7 Å². The van der Waals surface area contributed by atoms with Crippen LogP contribution in [0, 0.1) is 24.6 Å². The normalized spacial score (nSPS) is 10.7. The molecule has 0 saturated carbocycles. The van der Waals surface area contributed by atoms with Crippen LogP contribution >= 0.6 is 11.3 Å². The predicted molar refractivity (Wildman–Crippen MR) is 50.0 cm³/mol. The van der Waals surface area contributed by atoms with Crippen LogP contribution in [0.4, 0.5) is 13.2 Å². The molecule has 0 saturated heterocycles. The number of aryl methyl sites for hydroxylation is 1. The first-order chi connectivity index (χ1) is 7.08. The summed E-state index contributed by atoms with van der Waals surface area (Å²) in [6, 6.07) is 3.40. The molecule has 0 radical (unpaired) electrons. The average Bonchev–Trinajstić information content (AvgIpc) is 2.60. The summed E-state index contributed by atoms with van der Waals surface area (Å²) in [6.45, 7) is 1.84. The molecule has 0 aliphatic heterocycles. The van der Waals surface area contributed by atoms with Crippen LogP contribution in [0.1, 0.15) is 4.88 Å². The smallest absolute Gasteiger partial charge is 0.197 e. The number of rotatable bonds is 1. The number of thiophene rings is 1. The van der Waals surface area contributed by atoms with Gasteiger partial charge in [-0.2, -0.15) is 23.1 Å². The topological polar surface area (TPSA) is 25.8 Å². The van der Waals surface area contributed by atoms with Crippen LogP contribution in [0.2, 0.25) is 0 Å². The molecule has 2 nitrogen and oxygen atoms in total. The van der Waals surface area contributed by atoms with Crippen LogP contribution in [0.3, 0.4) is 0 Å². The maximum Gasteiger partial charge on any atom is 0.255 e. The zero-order valence-corrected chi connectivity index (χ0v) is 8.41. The molecule has 6 heteroatoms. The molecule has 2 aromatic rings. The van der Waals surface area contributed by atoms with Crippen molar-refractivity contribution in [2.24, 2.45) is 0 Å². The number of halogens is 3. The average molecular weight is 230 g/mol. The van der Waals surface area contributed by atoms with Crippen molar-refractivity contribution >= 4 is 11.3 Å². The first kappa shape index (κ1) is 10.1. The van der Waals surface area contributed by atoms with Crippen LogP contribution in [-0.2, 0) is 0 Å². The van der Waals surface area contributed by atoms with Crippen molar-refractivity contribution in [1.82, 2.24) is 9.97 Å². The van der Waals surface area contributed by atoms with Gasteiger partial charge in [-0.1, -0.05) is 0 Å². The first-order valence-corrected chi connectivity index (χ1v) is 4.85. The van der Waals surface area contributed by atoms with Crippen molar-refractivity contribution in [2.45, 2.75) is 6.92 Å². The van der Waals surface area contributed by atoms with Crippen molar-refractivity contribution in [3.05, 3.63) is 34.7 Å². The Morgan fingerprint density at radius 3 is 2.13 bits per heavy atom. The molecule has 0 aliphatic carbocycles. The molecular formula is C9H5F3N2S. The molecule has 0 aliphatic rings. The molecule has 0 atom stereocenters. The number of aromatic nitrogens is 2. The molecule has 78 valence electrons. The molecule has 15 heavy (non-hydrogen) atoms. The van der Waals surface area contributed by atoms with E-state index in [0.717, 1.165) is 4.88 Å². The third-order valence-electron chi connectivity index (χ3n) is 1.73. The van der Waals surface area contributed by atoms with Crippen LogP contribution < -0.4 is 0 Å². The fourth-order valence-electron chi connectivity index (χ4n) is 1.06. The summed E-state index contributed by atoms with van der Waals surface area (Å²) < 4.78 is 38.1. The second-order valence-electron chi connectivity index (χ2n) is 2.85. The minimum Gasteiger partial charge on any atom is -0.197 e. The van der Waals surface area contributed by atoms with Gasteiger partial charge in [-0.15, -0.1) is 11.3 Å². The summed E-state index contributed by atoms with van der Waals surface area (Å²) in [5, 5.41) is 0. The summed E-state index contributed by atoms with van der Waals surface area (Å²) in [7, 11) is 0. The highest BCUT2D eigenvalue weighted by molar-refractivity contribution is 7.15. The molecule has 2 aromatic heterocycles.